The summed E-state index contributed by atoms with van der Waals surface area (Å²) in [6.07, 6.45) is 0. The van der Waals surface area contributed by atoms with E-state index in [0.717, 1.165) is 5.56 Å². The maximum absolute atomic E-state index is 11.9. The zero-order valence-corrected chi connectivity index (χ0v) is 10.4. The summed E-state index contributed by atoms with van der Waals surface area (Å²) in [5.41, 5.74) is 1.07. The molecule has 0 fully saturated rings. The molecule has 4 heteroatoms. The molecular formula is C13H18N2O2. The molecule has 0 bridgehead atoms. The molecule has 1 aromatic carbocycles. The second kappa shape index (κ2) is 6.03. The maximum atomic E-state index is 11.9. The molecule has 2 amide bonds. The van der Waals surface area contributed by atoms with E-state index in [1.165, 1.54) is 6.92 Å². The molecule has 1 rings (SSSR count). The van der Waals surface area contributed by atoms with Gasteiger partial charge >= 0.3 is 0 Å². The van der Waals surface area contributed by atoms with Crippen molar-refractivity contribution in [3.8, 4) is 0 Å². The number of hydrogen-bond donors (Lipinski definition) is 1. The molecular weight excluding hydrogens is 216 g/mol. The number of carbonyl (C=O) groups is 2. The molecule has 0 unspecified atom stereocenters. The van der Waals surface area contributed by atoms with E-state index >= 15 is 0 Å². The molecule has 0 radical (unpaired) electrons. The molecule has 0 aliphatic rings. The van der Waals surface area contributed by atoms with Crippen molar-refractivity contribution in [1.82, 2.24) is 10.2 Å². The number of hydrogen-bond acceptors (Lipinski definition) is 2. The SMILES string of the molecule is CC(=O)N[C@H](C)C(=O)N(C)Cc1ccccc1. The van der Waals surface area contributed by atoms with Crippen LogP contribution in [0.15, 0.2) is 30.3 Å². The van der Waals surface area contributed by atoms with E-state index in [4.69, 9.17) is 0 Å². The molecule has 0 aliphatic heterocycles. The van der Waals surface area contributed by atoms with Crippen LogP contribution in [0.3, 0.4) is 0 Å². The van der Waals surface area contributed by atoms with Gasteiger partial charge in [0.05, 0.1) is 0 Å². The first-order valence-corrected chi connectivity index (χ1v) is 5.56. The summed E-state index contributed by atoms with van der Waals surface area (Å²) < 4.78 is 0. The molecule has 0 aliphatic carbocycles. The van der Waals surface area contributed by atoms with Crippen LogP contribution in [-0.2, 0) is 16.1 Å². The van der Waals surface area contributed by atoms with Gasteiger partial charge in [0.2, 0.25) is 11.8 Å². The lowest BCUT2D eigenvalue weighted by Crippen LogP contribution is -2.44. The molecule has 0 saturated heterocycles. The summed E-state index contributed by atoms with van der Waals surface area (Å²) in [5, 5.41) is 2.58. The van der Waals surface area contributed by atoms with Gasteiger partial charge in [0.25, 0.3) is 0 Å². The highest BCUT2D eigenvalue weighted by Crippen LogP contribution is 2.04. The minimum Gasteiger partial charge on any atom is -0.345 e. The number of nitrogens with one attached hydrogen (secondary N) is 1. The van der Waals surface area contributed by atoms with Crippen LogP contribution in [0.5, 0.6) is 0 Å². The maximum Gasteiger partial charge on any atom is 0.244 e. The predicted molar refractivity (Wildman–Crippen MR) is 66.2 cm³/mol. The predicted octanol–water partition coefficient (Wildman–Crippen LogP) is 1.17. The van der Waals surface area contributed by atoms with Crippen molar-refractivity contribution < 1.29 is 9.59 Å². The van der Waals surface area contributed by atoms with Gasteiger partial charge in [-0.3, -0.25) is 9.59 Å². The standard InChI is InChI=1S/C13H18N2O2/c1-10(14-11(2)16)13(17)15(3)9-12-7-5-4-6-8-12/h4-8,10H,9H2,1-3H3,(H,14,16)/t10-/m1/s1. The fourth-order valence-corrected chi connectivity index (χ4v) is 1.63. The molecule has 1 atom stereocenters. The Morgan fingerprint density at radius 2 is 1.88 bits per heavy atom. The van der Waals surface area contributed by atoms with Gasteiger partial charge in [-0.2, -0.15) is 0 Å². The minimum atomic E-state index is -0.485. The van der Waals surface area contributed by atoms with Crippen molar-refractivity contribution in [2.75, 3.05) is 7.05 Å². The summed E-state index contributed by atoms with van der Waals surface area (Å²) >= 11 is 0. The zero-order chi connectivity index (χ0) is 12.8. The molecule has 1 N–H and O–H groups in total. The Labute approximate surface area is 102 Å². The van der Waals surface area contributed by atoms with Gasteiger partial charge in [-0.05, 0) is 12.5 Å². The van der Waals surface area contributed by atoms with Gasteiger partial charge in [0.1, 0.15) is 6.04 Å². The third-order valence-corrected chi connectivity index (χ3v) is 2.43. The van der Waals surface area contributed by atoms with Crippen molar-refractivity contribution in [2.24, 2.45) is 0 Å². The van der Waals surface area contributed by atoms with Crippen molar-refractivity contribution >= 4 is 11.8 Å². The van der Waals surface area contributed by atoms with Gasteiger partial charge in [0, 0.05) is 20.5 Å². The fourth-order valence-electron chi connectivity index (χ4n) is 1.63. The van der Waals surface area contributed by atoms with Crippen LogP contribution in [0.2, 0.25) is 0 Å². The molecule has 17 heavy (non-hydrogen) atoms. The Balaban J connectivity index is 2.55. The molecule has 0 aromatic heterocycles. The fraction of sp³-hybridized carbons (Fsp3) is 0.385. The number of benzene rings is 1. The largest absolute Gasteiger partial charge is 0.345 e. The summed E-state index contributed by atoms with van der Waals surface area (Å²) in [6, 6.07) is 9.25. The van der Waals surface area contributed by atoms with Crippen LogP contribution in [0.4, 0.5) is 0 Å². The molecule has 92 valence electrons. The van der Waals surface area contributed by atoms with Crippen molar-refractivity contribution in [1.29, 1.82) is 0 Å². The van der Waals surface area contributed by atoms with Gasteiger partial charge in [-0.1, -0.05) is 30.3 Å². The van der Waals surface area contributed by atoms with Crippen LogP contribution in [0, 0.1) is 0 Å². The van der Waals surface area contributed by atoms with Crippen molar-refractivity contribution in [3.05, 3.63) is 35.9 Å². The normalized spacial score (nSPS) is 11.7. The quantitative estimate of drug-likeness (QED) is 0.850. The third-order valence-electron chi connectivity index (χ3n) is 2.43. The number of likely N-dealkylation sites (N-methyl/N-ethyl adjacent to an activating group) is 1. The highest BCUT2D eigenvalue weighted by molar-refractivity contribution is 5.86. The number of amides is 2. The Bertz CT molecular complexity index is 390. The zero-order valence-electron chi connectivity index (χ0n) is 10.4. The summed E-state index contributed by atoms with van der Waals surface area (Å²) in [5.74, 6) is -0.289. The van der Waals surface area contributed by atoms with Crippen molar-refractivity contribution in [3.63, 3.8) is 0 Å². The highest BCUT2D eigenvalue weighted by Gasteiger charge is 2.17. The number of carbonyl (C=O) groups excluding carboxylic acids is 2. The van der Waals surface area contributed by atoms with Crippen molar-refractivity contribution in [2.45, 2.75) is 26.4 Å². The van der Waals surface area contributed by atoms with Gasteiger partial charge < -0.3 is 10.2 Å². The van der Waals surface area contributed by atoms with E-state index in [-0.39, 0.29) is 11.8 Å². The number of nitrogens with zero attached hydrogens (tertiary/aromatic N) is 1. The summed E-state index contributed by atoms with van der Waals surface area (Å²) in [4.78, 5) is 24.4. The van der Waals surface area contributed by atoms with E-state index in [2.05, 4.69) is 5.32 Å². The summed E-state index contributed by atoms with van der Waals surface area (Å²) in [7, 11) is 1.73. The Morgan fingerprint density at radius 1 is 1.29 bits per heavy atom. The minimum absolute atomic E-state index is 0.0935. The lowest BCUT2D eigenvalue weighted by Gasteiger charge is -2.21. The second-order valence-electron chi connectivity index (χ2n) is 4.10. The van der Waals surface area contributed by atoms with Crippen LogP contribution in [0.25, 0.3) is 0 Å². The Kier molecular flexibility index (Phi) is 4.69. The molecule has 0 spiro atoms. The lowest BCUT2D eigenvalue weighted by molar-refractivity contribution is -0.134. The highest BCUT2D eigenvalue weighted by atomic mass is 16.2. The monoisotopic (exact) mass is 234 g/mol. The Morgan fingerprint density at radius 3 is 2.41 bits per heavy atom. The molecule has 4 nitrogen and oxygen atoms in total. The van der Waals surface area contributed by atoms with Crippen LogP contribution in [-0.4, -0.2) is 29.8 Å². The van der Waals surface area contributed by atoms with Crippen LogP contribution in [0.1, 0.15) is 19.4 Å². The average molecular weight is 234 g/mol. The Hall–Kier alpha value is -1.84. The van der Waals surface area contributed by atoms with E-state index in [1.807, 2.05) is 30.3 Å². The van der Waals surface area contributed by atoms with Gasteiger partial charge in [0.15, 0.2) is 0 Å². The topological polar surface area (TPSA) is 49.4 Å². The number of rotatable bonds is 4. The first-order valence-electron chi connectivity index (χ1n) is 5.56. The van der Waals surface area contributed by atoms with E-state index in [9.17, 15) is 9.59 Å². The average Bonchev–Trinajstić information content (AvgIpc) is 2.28. The first kappa shape index (κ1) is 13.2. The van der Waals surface area contributed by atoms with E-state index in [0.29, 0.717) is 6.54 Å². The van der Waals surface area contributed by atoms with Gasteiger partial charge in [-0.25, -0.2) is 0 Å². The van der Waals surface area contributed by atoms with Crippen LogP contribution < -0.4 is 5.32 Å². The van der Waals surface area contributed by atoms with Gasteiger partial charge in [-0.15, -0.1) is 0 Å². The summed E-state index contributed by atoms with van der Waals surface area (Å²) in [6.45, 7) is 3.63. The van der Waals surface area contributed by atoms with E-state index < -0.39 is 6.04 Å². The lowest BCUT2D eigenvalue weighted by atomic mass is 10.2. The van der Waals surface area contributed by atoms with Crippen LogP contribution >= 0.6 is 0 Å². The second-order valence-corrected chi connectivity index (χ2v) is 4.10. The third kappa shape index (κ3) is 4.26. The molecule has 1 aromatic rings. The smallest absolute Gasteiger partial charge is 0.244 e. The molecule has 0 heterocycles. The van der Waals surface area contributed by atoms with E-state index in [1.54, 1.807) is 18.9 Å². The molecule has 0 saturated carbocycles. The first-order chi connectivity index (χ1) is 8.00.